The summed E-state index contributed by atoms with van der Waals surface area (Å²) in [6, 6.07) is 0. The van der Waals surface area contributed by atoms with Crippen LogP contribution >= 0.6 is 12.2 Å². The maximum absolute atomic E-state index is 11.9. The first kappa shape index (κ1) is 12.4. The minimum Gasteiger partial charge on any atom is -0.392 e. The van der Waals surface area contributed by atoms with Gasteiger partial charge in [0.2, 0.25) is 5.91 Å². The van der Waals surface area contributed by atoms with Gasteiger partial charge in [0.1, 0.15) is 0 Å². The number of carbonyl (C=O) groups excluding carboxylic acids is 1. The number of hydrogen-bond donors (Lipinski definition) is 2. The van der Waals surface area contributed by atoms with Gasteiger partial charge in [0.05, 0.1) is 10.4 Å². The van der Waals surface area contributed by atoms with Crippen LogP contribution in [0.4, 0.5) is 0 Å². The van der Waals surface area contributed by atoms with Gasteiger partial charge in [-0.15, -0.1) is 0 Å². The van der Waals surface area contributed by atoms with Crippen LogP contribution in [0.25, 0.3) is 0 Å². The molecule has 0 aromatic rings. The van der Waals surface area contributed by atoms with Crippen molar-refractivity contribution >= 4 is 23.1 Å². The number of hydrogen-bond acceptors (Lipinski definition) is 3. The zero-order chi connectivity index (χ0) is 11.5. The minimum atomic E-state index is -0.540. The van der Waals surface area contributed by atoms with Crippen LogP contribution in [-0.2, 0) is 4.79 Å². The average Bonchev–Trinajstić information content (AvgIpc) is 1.99. The molecular formula is C10H19N3OS. The topological polar surface area (TPSA) is 58.4 Å². The molecule has 0 bridgehead atoms. The van der Waals surface area contributed by atoms with E-state index in [2.05, 4.69) is 5.32 Å². The van der Waals surface area contributed by atoms with E-state index < -0.39 is 5.41 Å². The molecule has 0 aromatic carbocycles. The monoisotopic (exact) mass is 229 g/mol. The smallest absolute Gasteiger partial charge is 0.233 e. The Labute approximate surface area is 96.2 Å². The highest BCUT2D eigenvalue weighted by molar-refractivity contribution is 7.80. The van der Waals surface area contributed by atoms with Crippen LogP contribution in [0.1, 0.15) is 19.3 Å². The van der Waals surface area contributed by atoms with E-state index in [0.29, 0.717) is 11.5 Å². The molecule has 4 nitrogen and oxygen atoms in total. The summed E-state index contributed by atoms with van der Waals surface area (Å²) < 4.78 is 0. The molecule has 0 unspecified atom stereocenters. The highest BCUT2D eigenvalue weighted by Gasteiger charge is 2.46. The second kappa shape index (κ2) is 4.90. The van der Waals surface area contributed by atoms with E-state index in [1.807, 2.05) is 19.0 Å². The normalized spacial score (nSPS) is 18.3. The summed E-state index contributed by atoms with van der Waals surface area (Å²) in [5.41, 5.74) is 5.09. The van der Waals surface area contributed by atoms with Crippen molar-refractivity contribution in [1.29, 1.82) is 0 Å². The number of rotatable bonds is 5. The highest BCUT2D eigenvalue weighted by atomic mass is 32.1. The summed E-state index contributed by atoms with van der Waals surface area (Å²) in [4.78, 5) is 14.2. The van der Waals surface area contributed by atoms with Crippen molar-refractivity contribution in [2.75, 3.05) is 27.2 Å². The molecule has 1 aliphatic rings. The molecule has 1 saturated carbocycles. The van der Waals surface area contributed by atoms with E-state index >= 15 is 0 Å². The Kier molecular flexibility index (Phi) is 4.04. The standard InChI is InChI=1S/C10H19N3OS/c1-13(2)7-6-12-9(14)10(8(11)15)4-3-5-10/h3-7H2,1-2H3,(H2,11,15)(H,12,14). The quantitative estimate of drug-likeness (QED) is 0.658. The van der Waals surface area contributed by atoms with Crippen LogP contribution in [0.3, 0.4) is 0 Å². The van der Waals surface area contributed by atoms with Gasteiger partial charge in [-0.2, -0.15) is 0 Å². The molecule has 5 heteroatoms. The van der Waals surface area contributed by atoms with Crippen molar-refractivity contribution in [2.45, 2.75) is 19.3 Å². The minimum absolute atomic E-state index is 0.00287. The van der Waals surface area contributed by atoms with Gasteiger partial charge in [-0.25, -0.2) is 0 Å². The zero-order valence-electron chi connectivity index (χ0n) is 9.38. The van der Waals surface area contributed by atoms with E-state index in [-0.39, 0.29) is 5.91 Å². The van der Waals surface area contributed by atoms with Crippen molar-refractivity contribution in [3.05, 3.63) is 0 Å². The lowest BCUT2D eigenvalue weighted by Crippen LogP contribution is -2.53. The van der Waals surface area contributed by atoms with E-state index in [4.69, 9.17) is 18.0 Å². The zero-order valence-corrected chi connectivity index (χ0v) is 10.2. The van der Waals surface area contributed by atoms with Gasteiger partial charge < -0.3 is 16.0 Å². The lowest BCUT2D eigenvalue weighted by atomic mass is 9.68. The van der Waals surface area contributed by atoms with Crippen LogP contribution in [-0.4, -0.2) is 43.0 Å². The number of thiocarbonyl (C=S) groups is 1. The van der Waals surface area contributed by atoms with Gasteiger partial charge >= 0.3 is 0 Å². The Hall–Kier alpha value is -0.680. The van der Waals surface area contributed by atoms with Crippen LogP contribution in [0.2, 0.25) is 0 Å². The van der Waals surface area contributed by atoms with E-state index in [9.17, 15) is 4.79 Å². The first-order chi connectivity index (χ1) is 6.99. The van der Waals surface area contributed by atoms with Crippen molar-refractivity contribution in [3.8, 4) is 0 Å². The Morgan fingerprint density at radius 2 is 2.13 bits per heavy atom. The van der Waals surface area contributed by atoms with Crippen molar-refractivity contribution in [2.24, 2.45) is 11.1 Å². The molecule has 1 fully saturated rings. The molecule has 15 heavy (non-hydrogen) atoms. The summed E-state index contributed by atoms with van der Waals surface area (Å²) in [5.74, 6) is 0.00287. The fourth-order valence-electron chi connectivity index (χ4n) is 1.68. The molecule has 0 saturated heterocycles. The number of nitrogens with one attached hydrogen (secondary N) is 1. The molecule has 1 rings (SSSR count). The van der Waals surface area contributed by atoms with E-state index in [0.717, 1.165) is 25.8 Å². The van der Waals surface area contributed by atoms with Gasteiger partial charge in [-0.05, 0) is 26.9 Å². The van der Waals surface area contributed by atoms with E-state index in [1.54, 1.807) is 0 Å². The van der Waals surface area contributed by atoms with Crippen molar-refractivity contribution in [3.63, 3.8) is 0 Å². The summed E-state index contributed by atoms with van der Waals surface area (Å²) in [7, 11) is 3.94. The summed E-state index contributed by atoms with van der Waals surface area (Å²) in [6.07, 6.45) is 2.64. The van der Waals surface area contributed by atoms with Gasteiger partial charge in [0, 0.05) is 13.1 Å². The Balaban J connectivity index is 2.42. The third-order valence-corrected chi connectivity index (χ3v) is 3.35. The van der Waals surface area contributed by atoms with Crippen molar-refractivity contribution < 1.29 is 4.79 Å². The molecule has 0 heterocycles. The summed E-state index contributed by atoms with van der Waals surface area (Å²) in [5, 5.41) is 2.89. The number of carbonyl (C=O) groups is 1. The lowest BCUT2D eigenvalue weighted by molar-refractivity contribution is -0.130. The predicted octanol–water partition coefficient (Wildman–Crippen LogP) is 0.121. The second-order valence-electron chi connectivity index (χ2n) is 4.36. The Morgan fingerprint density at radius 3 is 2.47 bits per heavy atom. The molecule has 0 radical (unpaired) electrons. The van der Waals surface area contributed by atoms with Crippen LogP contribution in [0.5, 0.6) is 0 Å². The van der Waals surface area contributed by atoms with Gasteiger partial charge in [-0.3, -0.25) is 4.79 Å². The average molecular weight is 229 g/mol. The summed E-state index contributed by atoms with van der Waals surface area (Å²) >= 11 is 4.97. The first-order valence-corrected chi connectivity index (χ1v) is 5.63. The molecule has 86 valence electrons. The molecule has 1 aliphatic carbocycles. The first-order valence-electron chi connectivity index (χ1n) is 5.22. The third-order valence-electron chi connectivity index (χ3n) is 2.96. The fraction of sp³-hybridized carbons (Fsp3) is 0.800. The van der Waals surface area contributed by atoms with Crippen molar-refractivity contribution in [1.82, 2.24) is 10.2 Å². The molecule has 1 amide bonds. The number of likely N-dealkylation sites (N-methyl/N-ethyl adjacent to an activating group) is 1. The maximum Gasteiger partial charge on any atom is 0.233 e. The van der Waals surface area contributed by atoms with Gasteiger partial charge in [0.25, 0.3) is 0 Å². The SMILES string of the molecule is CN(C)CCNC(=O)C1(C(N)=S)CCC1. The van der Waals surface area contributed by atoms with Crippen LogP contribution in [0, 0.1) is 5.41 Å². The fourth-order valence-corrected chi connectivity index (χ4v) is 1.97. The maximum atomic E-state index is 11.9. The van der Waals surface area contributed by atoms with Gasteiger partial charge in [0.15, 0.2) is 0 Å². The number of nitrogens with two attached hydrogens (primary N) is 1. The molecule has 0 spiro atoms. The Morgan fingerprint density at radius 1 is 1.53 bits per heavy atom. The second-order valence-corrected chi connectivity index (χ2v) is 4.80. The molecular weight excluding hydrogens is 210 g/mol. The largest absolute Gasteiger partial charge is 0.392 e. The molecule has 0 aliphatic heterocycles. The molecule has 3 N–H and O–H groups in total. The molecule has 0 atom stereocenters. The van der Waals surface area contributed by atoms with E-state index in [1.165, 1.54) is 0 Å². The number of amides is 1. The lowest BCUT2D eigenvalue weighted by Gasteiger charge is -2.39. The summed E-state index contributed by atoms with van der Waals surface area (Å²) in [6.45, 7) is 1.48. The van der Waals surface area contributed by atoms with Crippen LogP contribution in [0.15, 0.2) is 0 Å². The van der Waals surface area contributed by atoms with Crippen LogP contribution < -0.4 is 11.1 Å². The number of nitrogens with zero attached hydrogens (tertiary/aromatic N) is 1. The Bertz CT molecular complexity index is 261. The predicted molar refractivity (Wildman–Crippen MR) is 64.6 cm³/mol. The van der Waals surface area contributed by atoms with Gasteiger partial charge in [-0.1, -0.05) is 18.6 Å². The highest BCUT2D eigenvalue weighted by Crippen LogP contribution is 2.41. The third kappa shape index (κ3) is 2.66. The molecule has 0 aromatic heterocycles.